The summed E-state index contributed by atoms with van der Waals surface area (Å²) in [7, 11) is 2.27. The molecule has 2 atom stereocenters. The van der Waals surface area contributed by atoms with Crippen LogP contribution >= 0.6 is 0 Å². The van der Waals surface area contributed by atoms with E-state index in [2.05, 4.69) is 18.9 Å². The van der Waals surface area contributed by atoms with Crippen LogP contribution in [0.2, 0.25) is 0 Å². The Morgan fingerprint density at radius 2 is 2.19 bits per heavy atom. The molecule has 1 saturated heterocycles. The Morgan fingerprint density at radius 1 is 1.44 bits per heavy atom. The van der Waals surface area contributed by atoms with Gasteiger partial charge in [0.2, 0.25) is 0 Å². The molecule has 1 saturated carbocycles. The summed E-state index contributed by atoms with van der Waals surface area (Å²) in [5.41, 5.74) is 6.29. The van der Waals surface area contributed by atoms with Gasteiger partial charge in [-0.1, -0.05) is 13.3 Å². The van der Waals surface area contributed by atoms with Gasteiger partial charge in [0.05, 0.1) is 6.10 Å². The molecular formula is C13H26N2O. The molecule has 0 spiro atoms. The highest BCUT2D eigenvalue weighted by atomic mass is 16.5. The third-order valence-corrected chi connectivity index (χ3v) is 4.73. The van der Waals surface area contributed by atoms with E-state index in [0.717, 1.165) is 38.5 Å². The quantitative estimate of drug-likeness (QED) is 0.794. The van der Waals surface area contributed by atoms with Crippen molar-refractivity contribution in [2.24, 2.45) is 5.73 Å². The SMILES string of the molecule is CCC1CC(CN)(N(C)C2CCC2)CCO1. The van der Waals surface area contributed by atoms with Crippen LogP contribution in [-0.4, -0.2) is 42.8 Å². The number of ether oxygens (including phenoxy) is 1. The average Bonchev–Trinajstić information content (AvgIpc) is 2.26. The van der Waals surface area contributed by atoms with Crippen LogP contribution in [0.5, 0.6) is 0 Å². The van der Waals surface area contributed by atoms with Gasteiger partial charge in [-0.25, -0.2) is 0 Å². The molecule has 3 nitrogen and oxygen atoms in total. The van der Waals surface area contributed by atoms with Gasteiger partial charge in [-0.2, -0.15) is 0 Å². The van der Waals surface area contributed by atoms with E-state index in [9.17, 15) is 0 Å². The van der Waals surface area contributed by atoms with Gasteiger partial charge >= 0.3 is 0 Å². The minimum Gasteiger partial charge on any atom is -0.378 e. The lowest BCUT2D eigenvalue weighted by Gasteiger charge is -2.51. The zero-order valence-corrected chi connectivity index (χ0v) is 10.7. The van der Waals surface area contributed by atoms with Crippen LogP contribution in [-0.2, 0) is 4.74 Å². The maximum Gasteiger partial charge on any atom is 0.0590 e. The summed E-state index contributed by atoms with van der Waals surface area (Å²) in [4.78, 5) is 2.57. The minimum atomic E-state index is 0.212. The van der Waals surface area contributed by atoms with Crippen LogP contribution < -0.4 is 5.73 Å². The number of nitrogens with two attached hydrogens (primary N) is 1. The van der Waals surface area contributed by atoms with E-state index in [0.29, 0.717) is 6.10 Å². The van der Waals surface area contributed by atoms with E-state index >= 15 is 0 Å². The summed E-state index contributed by atoms with van der Waals surface area (Å²) in [6.45, 7) is 3.87. The standard InChI is InChI=1S/C13H26N2O/c1-3-12-9-13(10-14,7-8-16-12)15(2)11-5-4-6-11/h11-12H,3-10,14H2,1-2H3. The van der Waals surface area contributed by atoms with Gasteiger partial charge < -0.3 is 10.5 Å². The second kappa shape index (κ2) is 5.03. The Labute approximate surface area is 99.3 Å². The fourth-order valence-electron chi connectivity index (χ4n) is 3.07. The first-order valence-electron chi connectivity index (χ1n) is 6.76. The molecule has 0 aromatic carbocycles. The molecule has 2 unspecified atom stereocenters. The van der Waals surface area contributed by atoms with Crippen molar-refractivity contribution in [2.75, 3.05) is 20.2 Å². The molecule has 0 bridgehead atoms. The summed E-state index contributed by atoms with van der Waals surface area (Å²) < 4.78 is 5.78. The summed E-state index contributed by atoms with van der Waals surface area (Å²) >= 11 is 0. The van der Waals surface area contributed by atoms with Crippen LogP contribution in [0.1, 0.15) is 45.4 Å². The third-order valence-electron chi connectivity index (χ3n) is 4.73. The topological polar surface area (TPSA) is 38.5 Å². The molecule has 16 heavy (non-hydrogen) atoms. The van der Waals surface area contributed by atoms with Gasteiger partial charge in [0, 0.05) is 24.7 Å². The molecule has 94 valence electrons. The number of likely N-dealkylation sites (N-methyl/N-ethyl adjacent to an activating group) is 1. The number of rotatable bonds is 4. The van der Waals surface area contributed by atoms with Gasteiger partial charge in [0.1, 0.15) is 0 Å². The summed E-state index contributed by atoms with van der Waals surface area (Å²) in [6, 6.07) is 0.777. The van der Waals surface area contributed by atoms with Crippen molar-refractivity contribution >= 4 is 0 Å². The van der Waals surface area contributed by atoms with Crippen molar-refractivity contribution in [3.63, 3.8) is 0 Å². The molecule has 0 radical (unpaired) electrons. The van der Waals surface area contributed by atoms with Gasteiger partial charge in [-0.05, 0) is 39.2 Å². The largest absolute Gasteiger partial charge is 0.378 e. The van der Waals surface area contributed by atoms with E-state index in [1.165, 1.54) is 19.3 Å². The Balaban J connectivity index is 2.04. The highest BCUT2D eigenvalue weighted by Crippen LogP contribution is 2.36. The molecule has 1 aliphatic carbocycles. The monoisotopic (exact) mass is 226 g/mol. The van der Waals surface area contributed by atoms with Crippen molar-refractivity contribution in [2.45, 2.75) is 63.1 Å². The number of nitrogens with zero attached hydrogens (tertiary/aromatic N) is 1. The van der Waals surface area contributed by atoms with Crippen molar-refractivity contribution in [3.05, 3.63) is 0 Å². The molecule has 0 aromatic heterocycles. The molecule has 0 aromatic rings. The fraction of sp³-hybridized carbons (Fsp3) is 1.00. The van der Waals surface area contributed by atoms with Gasteiger partial charge in [0.15, 0.2) is 0 Å². The lowest BCUT2D eigenvalue weighted by atomic mass is 9.80. The zero-order valence-electron chi connectivity index (χ0n) is 10.7. The van der Waals surface area contributed by atoms with Crippen molar-refractivity contribution in [1.29, 1.82) is 0 Å². The Hall–Kier alpha value is -0.120. The van der Waals surface area contributed by atoms with Gasteiger partial charge in [0.25, 0.3) is 0 Å². The van der Waals surface area contributed by atoms with Crippen LogP contribution in [0.3, 0.4) is 0 Å². The summed E-state index contributed by atoms with van der Waals surface area (Å²) in [6.07, 6.45) is 7.86. The van der Waals surface area contributed by atoms with E-state index < -0.39 is 0 Å². The van der Waals surface area contributed by atoms with Crippen LogP contribution in [0.4, 0.5) is 0 Å². The second-order valence-electron chi connectivity index (χ2n) is 5.48. The number of hydrogen-bond donors (Lipinski definition) is 1. The van der Waals surface area contributed by atoms with Crippen molar-refractivity contribution in [1.82, 2.24) is 4.90 Å². The molecule has 2 rings (SSSR count). The summed E-state index contributed by atoms with van der Waals surface area (Å²) in [5.74, 6) is 0. The minimum absolute atomic E-state index is 0.212. The van der Waals surface area contributed by atoms with E-state index in [4.69, 9.17) is 10.5 Å². The van der Waals surface area contributed by atoms with E-state index in [1.54, 1.807) is 0 Å². The maximum atomic E-state index is 6.08. The van der Waals surface area contributed by atoms with E-state index in [-0.39, 0.29) is 5.54 Å². The van der Waals surface area contributed by atoms with Crippen molar-refractivity contribution in [3.8, 4) is 0 Å². The predicted octanol–water partition coefficient (Wildman–Crippen LogP) is 1.76. The first-order valence-corrected chi connectivity index (χ1v) is 6.76. The highest BCUT2D eigenvalue weighted by molar-refractivity contribution is 4.98. The summed E-state index contributed by atoms with van der Waals surface area (Å²) in [5, 5.41) is 0. The first-order chi connectivity index (χ1) is 7.72. The van der Waals surface area contributed by atoms with Gasteiger partial charge in [-0.15, -0.1) is 0 Å². The second-order valence-corrected chi connectivity index (χ2v) is 5.48. The highest BCUT2D eigenvalue weighted by Gasteiger charge is 2.42. The van der Waals surface area contributed by atoms with Crippen LogP contribution in [0.25, 0.3) is 0 Å². The Kier molecular flexibility index (Phi) is 3.88. The van der Waals surface area contributed by atoms with Gasteiger partial charge in [-0.3, -0.25) is 4.90 Å². The zero-order chi connectivity index (χ0) is 11.6. The molecule has 1 aliphatic heterocycles. The van der Waals surface area contributed by atoms with Crippen molar-refractivity contribution < 1.29 is 4.74 Å². The Bertz CT molecular complexity index is 230. The Morgan fingerprint density at radius 3 is 2.69 bits per heavy atom. The molecule has 1 heterocycles. The lowest BCUT2D eigenvalue weighted by Crippen LogP contribution is -2.61. The molecule has 2 aliphatic rings. The number of hydrogen-bond acceptors (Lipinski definition) is 3. The third kappa shape index (κ3) is 2.13. The smallest absolute Gasteiger partial charge is 0.0590 e. The average molecular weight is 226 g/mol. The maximum absolute atomic E-state index is 6.08. The normalized spacial score (nSPS) is 36.4. The molecule has 2 N–H and O–H groups in total. The first kappa shape index (κ1) is 12.3. The molecule has 0 amide bonds. The predicted molar refractivity (Wildman–Crippen MR) is 66.5 cm³/mol. The fourth-order valence-corrected chi connectivity index (χ4v) is 3.07. The van der Waals surface area contributed by atoms with Crippen LogP contribution in [0.15, 0.2) is 0 Å². The molecule has 3 heteroatoms. The molecule has 2 fully saturated rings. The lowest BCUT2D eigenvalue weighted by molar-refractivity contribution is -0.0846. The molecular weight excluding hydrogens is 200 g/mol. The van der Waals surface area contributed by atoms with Crippen LogP contribution in [0, 0.1) is 0 Å². The van der Waals surface area contributed by atoms with E-state index in [1.807, 2.05) is 0 Å².